The monoisotopic (exact) mass is 387 g/mol. The number of carbonyl (C=O) groups is 3. The fourth-order valence-corrected chi connectivity index (χ4v) is 2.64. The number of carbonyl (C=O) groups excluding carboxylic acids is 3. The van der Waals surface area contributed by atoms with Crippen LogP contribution in [0, 0.1) is 18.8 Å². The highest BCUT2D eigenvalue weighted by molar-refractivity contribution is 5.98. The Morgan fingerprint density at radius 3 is 2.25 bits per heavy atom. The molecule has 2 N–H and O–H groups in total. The van der Waals surface area contributed by atoms with Gasteiger partial charge in [-0.25, -0.2) is 4.99 Å². The second-order valence-corrected chi connectivity index (χ2v) is 7.90. The molecule has 6 heteroatoms. The van der Waals surface area contributed by atoms with E-state index >= 15 is 0 Å². The van der Waals surface area contributed by atoms with Crippen LogP contribution >= 0.6 is 0 Å². The third-order valence-corrected chi connectivity index (χ3v) is 4.43. The molecule has 0 aliphatic heterocycles. The number of hydrogen-bond acceptors (Lipinski definition) is 4. The summed E-state index contributed by atoms with van der Waals surface area (Å²) in [7, 11) is 1.64. The number of hydrogen-bond donors (Lipinski definition) is 1. The topological polar surface area (TPSA) is 92.8 Å². The van der Waals surface area contributed by atoms with Crippen LogP contribution in [0.4, 0.5) is 5.69 Å². The lowest BCUT2D eigenvalue weighted by Crippen LogP contribution is -2.33. The van der Waals surface area contributed by atoms with Crippen LogP contribution in [0.15, 0.2) is 23.2 Å². The number of rotatable bonds is 10. The van der Waals surface area contributed by atoms with Gasteiger partial charge >= 0.3 is 0 Å². The molecule has 0 atom stereocenters. The molecule has 6 nitrogen and oxygen atoms in total. The minimum atomic E-state index is -0.0835. The van der Waals surface area contributed by atoms with Crippen LogP contribution in [0.1, 0.15) is 62.9 Å². The molecule has 1 rings (SSSR count). The summed E-state index contributed by atoms with van der Waals surface area (Å²) in [5, 5.41) is 0. The van der Waals surface area contributed by atoms with E-state index in [-0.39, 0.29) is 35.9 Å². The highest BCUT2D eigenvalue weighted by Crippen LogP contribution is 2.20. The predicted molar refractivity (Wildman–Crippen MR) is 113 cm³/mol. The number of aliphatic imine (C=N–C) groups is 1. The number of Topliss-reactive ketones (excluding diaryl/α,β-unsaturated/α-hetero) is 2. The SMILES string of the molecule is Cc1cc(N=C(N)CCCC(=O)N(C)CC(=O)C(C)C)cc(C(=O)C(C)C)c1. The maximum Gasteiger partial charge on any atom is 0.222 e. The van der Waals surface area contributed by atoms with E-state index in [0.29, 0.717) is 36.3 Å². The van der Waals surface area contributed by atoms with Crippen molar-refractivity contribution in [2.45, 2.75) is 53.9 Å². The first kappa shape index (κ1) is 23.5. The Labute approximate surface area is 168 Å². The molecule has 0 fully saturated rings. The van der Waals surface area contributed by atoms with Gasteiger partial charge in [0, 0.05) is 37.3 Å². The Morgan fingerprint density at radius 1 is 1.04 bits per heavy atom. The van der Waals surface area contributed by atoms with Gasteiger partial charge in [0.1, 0.15) is 0 Å². The third-order valence-electron chi connectivity index (χ3n) is 4.43. The van der Waals surface area contributed by atoms with E-state index in [4.69, 9.17) is 5.73 Å². The van der Waals surface area contributed by atoms with Crippen LogP contribution in [0.5, 0.6) is 0 Å². The summed E-state index contributed by atoms with van der Waals surface area (Å²) in [5.41, 5.74) is 8.24. The minimum absolute atomic E-state index is 0.0446. The molecule has 0 heterocycles. The number of aryl methyl sites for hydroxylation is 1. The first-order valence-corrected chi connectivity index (χ1v) is 9.76. The van der Waals surface area contributed by atoms with Gasteiger partial charge in [0.15, 0.2) is 11.6 Å². The van der Waals surface area contributed by atoms with Gasteiger partial charge in [0.2, 0.25) is 5.91 Å². The zero-order valence-electron chi connectivity index (χ0n) is 17.9. The highest BCUT2D eigenvalue weighted by atomic mass is 16.2. The van der Waals surface area contributed by atoms with Gasteiger partial charge in [-0.15, -0.1) is 0 Å². The van der Waals surface area contributed by atoms with Crippen molar-refractivity contribution < 1.29 is 14.4 Å². The minimum Gasteiger partial charge on any atom is -0.387 e. The number of amides is 1. The number of benzene rings is 1. The van der Waals surface area contributed by atoms with Crippen molar-refractivity contribution in [3.63, 3.8) is 0 Å². The van der Waals surface area contributed by atoms with E-state index in [9.17, 15) is 14.4 Å². The molecule has 0 radical (unpaired) electrons. The van der Waals surface area contributed by atoms with Crippen LogP contribution in [0.25, 0.3) is 0 Å². The number of nitrogens with zero attached hydrogens (tertiary/aromatic N) is 2. The molecule has 0 aromatic heterocycles. The van der Waals surface area contributed by atoms with Gasteiger partial charge in [-0.1, -0.05) is 27.7 Å². The summed E-state index contributed by atoms with van der Waals surface area (Å²) in [6.07, 6.45) is 1.33. The van der Waals surface area contributed by atoms with E-state index in [1.807, 2.05) is 46.8 Å². The third kappa shape index (κ3) is 7.62. The van der Waals surface area contributed by atoms with Crippen LogP contribution in [-0.2, 0) is 9.59 Å². The van der Waals surface area contributed by atoms with Crippen molar-refractivity contribution in [3.05, 3.63) is 29.3 Å². The lowest BCUT2D eigenvalue weighted by Gasteiger charge is -2.17. The summed E-state index contributed by atoms with van der Waals surface area (Å²) < 4.78 is 0. The van der Waals surface area contributed by atoms with Crippen molar-refractivity contribution in [3.8, 4) is 0 Å². The fourth-order valence-electron chi connectivity index (χ4n) is 2.64. The standard InChI is InChI=1S/C22H33N3O3/c1-14(2)19(26)13-25(6)21(27)9-7-8-20(23)24-18-11-16(5)10-17(12-18)22(28)15(3)4/h10-12,14-15H,7-9,13H2,1-6H3,(H2,23,24). The number of amidine groups is 1. The zero-order valence-corrected chi connectivity index (χ0v) is 17.9. The van der Waals surface area contributed by atoms with Gasteiger partial charge < -0.3 is 10.6 Å². The average Bonchev–Trinajstić information content (AvgIpc) is 2.59. The number of likely N-dealkylation sites (N-methyl/N-ethyl adjacent to an activating group) is 1. The Kier molecular flexibility index (Phi) is 9.03. The molecular weight excluding hydrogens is 354 g/mol. The quantitative estimate of drug-likeness (QED) is 0.376. The molecule has 0 aliphatic carbocycles. The first-order chi connectivity index (χ1) is 13.0. The lowest BCUT2D eigenvalue weighted by atomic mass is 9.99. The maximum absolute atomic E-state index is 12.2. The van der Waals surface area contributed by atoms with Crippen molar-refractivity contribution in [1.29, 1.82) is 0 Å². The molecular formula is C22H33N3O3. The molecule has 0 aliphatic rings. The summed E-state index contributed by atoms with van der Waals surface area (Å²) >= 11 is 0. The zero-order chi connectivity index (χ0) is 21.4. The molecule has 0 bridgehead atoms. The van der Waals surface area contributed by atoms with Gasteiger partial charge in [0.05, 0.1) is 18.1 Å². The van der Waals surface area contributed by atoms with E-state index < -0.39 is 0 Å². The molecule has 0 saturated heterocycles. The molecule has 0 saturated carbocycles. The van der Waals surface area contributed by atoms with Crippen molar-refractivity contribution in [1.82, 2.24) is 4.90 Å². The summed E-state index contributed by atoms with van der Waals surface area (Å²) in [6.45, 7) is 9.43. The fraction of sp³-hybridized carbons (Fsp3) is 0.545. The van der Waals surface area contributed by atoms with E-state index in [1.54, 1.807) is 13.1 Å². The molecule has 1 amide bonds. The van der Waals surface area contributed by atoms with E-state index in [1.165, 1.54) is 4.90 Å². The molecule has 28 heavy (non-hydrogen) atoms. The molecule has 1 aromatic carbocycles. The smallest absolute Gasteiger partial charge is 0.222 e. The van der Waals surface area contributed by atoms with Crippen LogP contribution in [0.2, 0.25) is 0 Å². The Bertz CT molecular complexity index is 751. The molecule has 154 valence electrons. The Balaban J connectivity index is 2.65. The largest absolute Gasteiger partial charge is 0.387 e. The Morgan fingerprint density at radius 2 is 1.68 bits per heavy atom. The second kappa shape index (κ2) is 10.7. The predicted octanol–water partition coefficient (Wildman–Crippen LogP) is 3.68. The average molecular weight is 388 g/mol. The second-order valence-electron chi connectivity index (χ2n) is 7.90. The van der Waals surface area contributed by atoms with Gasteiger partial charge in [0.25, 0.3) is 0 Å². The van der Waals surface area contributed by atoms with E-state index in [0.717, 1.165) is 5.56 Å². The van der Waals surface area contributed by atoms with Crippen molar-refractivity contribution in [2.75, 3.05) is 13.6 Å². The normalized spacial score (nSPS) is 11.8. The lowest BCUT2D eigenvalue weighted by molar-refractivity contribution is -0.135. The van der Waals surface area contributed by atoms with Crippen molar-refractivity contribution >= 4 is 29.0 Å². The highest BCUT2D eigenvalue weighted by Gasteiger charge is 2.15. The summed E-state index contributed by atoms with van der Waals surface area (Å²) in [5.74, 6) is 0.289. The van der Waals surface area contributed by atoms with Crippen LogP contribution in [0.3, 0.4) is 0 Å². The van der Waals surface area contributed by atoms with Crippen LogP contribution in [-0.4, -0.2) is 41.8 Å². The summed E-state index contributed by atoms with van der Waals surface area (Å²) in [4.78, 5) is 41.9. The van der Waals surface area contributed by atoms with Gasteiger partial charge in [-0.2, -0.15) is 0 Å². The molecule has 1 aromatic rings. The molecule has 0 unspecified atom stereocenters. The first-order valence-electron chi connectivity index (χ1n) is 9.76. The Hall–Kier alpha value is -2.50. The molecule has 0 spiro atoms. The van der Waals surface area contributed by atoms with E-state index in [2.05, 4.69) is 4.99 Å². The van der Waals surface area contributed by atoms with Gasteiger partial charge in [-0.3, -0.25) is 14.4 Å². The summed E-state index contributed by atoms with van der Waals surface area (Å²) in [6, 6.07) is 5.48. The number of nitrogens with two attached hydrogens (primary N) is 1. The maximum atomic E-state index is 12.2. The van der Waals surface area contributed by atoms with Crippen LogP contribution < -0.4 is 5.73 Å². The van der Waals surface area contributed by atoms with Gasteiger partial charge in [-0.05, 0) is 37.1 Å². The van der Waals surface area contributed by atoms with Crippen molar-refractivity contribution in [2.24, 2.45) is 22.6 Å². The number of ketones is 2.